The maximum absolute atomic E-state index is 11.7. The van der Waals surface area contributed by atoms with Crippen LogP contribution < -0.4 is 15.5 Å². The Balaban J connectivity index is 1.59. The van der Waals surface area contributed by atoms with E-state index in [-0.39, 0.29) is 18.2 Å². The topological polar surface area (TPSA) is 74.6 Å². The molecule has 1 heterocycles. The lowest BCUT2D eigenvalue weighted by atomic mass is 10.3. The van der Waals surface area contributed by atoms with Crippen molar-refractivity contribution < 1.29 is 14.0 Å². The number of nitrogens with one attached hydrogen (secondary N) is 2. The van der Waals surface area contributed by atoms with Crippen molar-refractivity contribution in [3.8, 4) is 0 Å². The standard InChI is InChI=1S/C17H21N3O3/c1-20(14-7-3-2-4-8-14)11-6-10-18-16(21)13-19-17(22)15-9-5-12-23-15/h2-5,7-9,12H,6,10-11,13H2,1H3,(H,18,21)(H,19,22). The summed E-state index contributed by atoms with van der Waals surface area (Å²) in [6.07, 6.45) is 2.24. The molecule has 0 aliphatic heterocycles. The first-order valence-corrected chi connectivity index (χ1v) is 7.51. The Hall–Kier alpha value is -2.76. The van der Waals surface area contributed by atoms with Gasteiger partial charge in [-0.1, -0.05) is 18.2 Å². The number of anilines is 1. The second-order valence-electron chi connectivity index (χ2n) is 5.12. The molecule has 2 N–H and O–H groups in total. The van der Waals surface area contributed by atoms with Gasteiger partial charge in [0, 0.05) is 25.8 Å². The fraction of sp³-hybridized carbons (Fsp3) is 0.294. The molecule has 6 nitrogen and oxygen atoms in total. The smallest absolute Gasteiger partial charge is 0.287 e. The first-order chi connectivity index (χ1) is 11.2. The maximum atomic E-state index is 11.7. The number of benzene rings is 1. The zero-order valence-corrected chi connectivity index (χ0v) is 13.1. The van der Waals surface area contributed by atoms with Crippen LogP contribution in [0.25, 0.3) is 0 Å². The fourth-order valence-corrected chi connectivity index (χ4v) is 2.07. The molecule has 0 saturated heterocycles. The van der Waals surface area contributed by atoms with Crippen molar-refractivity contribution in [3.05, 3.63) is 54.5 Å². The monoisotopic (exact) mass is 315 g/mol. The minimum Gasteiger partial charge on any atom is -0.459 e. The predicted molar refractivity (Wildman–Crippen MR) is 88.4 cm³/mol. The summed E-state index contributed by atoms with van der Waals surface area (Å²) in [7, 11) is 2.01. The molecule has 2 amide bonds. The Morgan fingerprint density at radius 3 is 2.57 bits per heavy atom. The fourth-order valence-electron chi connectivity index (χ4n) is 2.07. The number of furan rings is 1. The van der Waals surface area contributed by atoms with Gasteiger partial charge in [-0.15, -0.1) is 0 Å². The van der Waals surface area contributed by atoms with Crippen molar-refractivity contribution in [1.29, 1.82) is 0 Å². The number of hydrogen-bond donors (Lipinski definition) is 2. The zero-order chi connectivity index (χ0) is 16.5. The van der Waals surface area contributed by atoms with Gasteiger partial charge in [-0.05, 0) is 30.7 Å². The Morgan fingerprint density at radius 1 is 1.09 bits per heavy atom. The molecule has 0 radical (unpaired) electrons. The van der Waals surface area contributed by atoms with Crippen LogP contribution in [-0.4, -0.2) is 38.5 Å². The van der Waals surface area contributed by atoms with Crippen molar-refractivity contribution in [1.82, 2.24) is 10.6 Å². The lowest BCUT2D eigenvalue weighted by Gasteiger charge is -2.19. The normalized spacial score (nSPS) is 10.1. The van der Waals surface area contributed by atoms with E-state index in [4.69, 9.17) is 4.42 Å². The van der Waals surface area contributed by atoms with Gasteiger partial charge in [0.05, 0.1) is 12.8 Å². The number of rotatable bonds is 8. The van der Waals surface area contributed by atoms with Gasteiger partial charge in [0.15, 0.2) is 5.76 Å². The molecular weight excluding hydrogens is 294 g/mol. The van der Waals surface area contributed by atoms with Crippen LogP contribution in [0.15, 0.2) is 53.1 Å². The van der Waals surface area contributed by atoms with Crippen molar-refractivity contribution in [2.45, 2.75) is 6.42 Å². The van der Waals surface area contributed by atoms with Crippen LogP contribution in [0.3, 0.4) is 0 Å². The summed E-state index contributed by atoms with van der Waals surface area (Å²) in [6, 6.07) is 13.2. The van der Waals surface area contributed by atoms with E-state index in [2.05, 4.69) is 15.5 Å². The van der Waals surface area contributed by atoms with Crippen LogP contribution in [0.1, 0.15) is 17.0 Å². The largest absolute Gasteiger partial charge is 0.459 e. The van der Waals surface area contributed by atoms with Gasteiger partial charge in [-0.2, -0.15) is 0 Å². The van der Waals surface area contributed by atoms with Gasteiger partial charge in [0.2, 0.25) is 5.91 Å². The van der Waals surface area contributed by atoms with Crippen LogP contribution in [0.4, 0.5) is 5.69 Å². The van der Waals surface area contributed by atoms with E-state index in [1.807, 2.05) is 37.4 Å². The second-order valence-corrected chi connectivity index (χ2v) is 5.12. The van der Waals surface area contributed by atoms with Gasteiger partial charge >= 0.3 is 0 Å². The molecule has 2 aromatic rings. The van der Waals surface area contributed by atoms with Crippen molar-refractivity contribution in [3.63, 3.8) is 0 Å². The minimum atomic E-state index is -0.394. The molecule has 0 unspecified atom stereocenters. The SMILES string of the molecule is CN(CCCNC(=O)CNC(=O)c1ccco1)c1ccccc1. The molecule has 1 aromatic heterocycles. The first-order valence-electron chi connectivity index (χ1n) is 7.51. The molecule has 0 bridgehead atoms. The van der Waals surface area contributed by atoms with Crippen LogP contribution in [0, 0.1) is 0 Å². The van der Waals surface area contributed by atoms with Crippen molar-refractivity contribution in [2.75, 3.05) is 31.6 Å². The molecule has 2 rings (SSSR count). The quantitative estimate of drug-likeness (QED) is 0.727. The highest BCUT2D eigenvalue weighted by molar-refractivity contribution is 5.94. The summed E-state index contributed by atoms with van der Waals surface area (Å²) in [5.74, 6) is -0.413. The molecule has 0 atom stereocenters. The van der Waals surface area contributed by atoms with E-state index in [9.17, 15) is 9.59 Å². The van der Waals surface area contributed by atoms with Crippen LogP contribution in [-0.2, 0) is 4.79 Å². The van der Waals surface area contributed by atoms with E-state index in [0.29, 0.717) is 6.54 Å². The molecule has 23 heavy (non-hydrogen) atoms. The highest BCUT2D eigenvalue weighted by atomic mass is 16.3. The van der Waals surface area contributed by atoms with Gasteiger partial charge in [-0.25, -0.2) is 0 Å². The van der Waals surface area contributed by atoms with Crippen molar-refractivity contribution >= 4 is 17.5 Å². The average Bonchev–Trinajstić information content (AvgIpc) is 3.12. The van der Waals surface area contributed by atoms with Gasteiger partial charge < -0.3 is 20.0 Å². The number of hydrogen-bond acceptors (Lipinski definition) is 4. The molecular formula is C17H21N3O3. The number of para-hydroxylation sites is 1. The zero-order valence-electron chi connectivity index (χ0n) is 13.1. The lowest BCUT2D eigenvalue weighted by molar-refractivity contribution is -0.120. The summed E-state index contributed by atoms with van der Waals surface area (Å²) < 4.78 is 4.95. The molecule has 1 aromatic carbocycles. The third kappa shape index (κ3) is 5.50. The highest BCUT2D eigenvalue weighted by Gasteiger charge is 2.09. The molecule has 0 spiro atoms. The third-order valence-corrected chi connectivity index (χ3v) is 3.34. The molecule has 6 heteroatoms. The third-order valence-electron chi connectivity index (χ3n) is 3.34. The predicted octanol–water partition coefficient (Wildman–Crippen LogP) is 1.65. The second kappa shape index (κ2) is 8.63. The summed E-state index contributed by atoms with van der Waals surface area (Å²) in [6.45, 7) is 1.34. The molecule has 0 fully saturated rings. The van der Waals surface area contributed by atoms with Crippen LogP contribution in [0.2, 0.25) is 0 Å². The maximum Gasteiger partial charge on any atom is 0.287 e. The average molecular weight is 315 g/mol. The van der Waals surface area contributed by atoms with Crippen molar-refractivity contribution in [2.24, 2.45) is 0 Å². The molecule has 122 valence electrons. The summed E-state index contributed by atoms with van der Waals surface area (Å²) in [5, 5.41) is 5.28. The van der Waals surface area contributed by atoms with Crippen LogP contribution in [0.5, 0.6) is 0 Å². The Morgan fingerprint density at radius 2 is 1.87 bits per heavy atom. The van der Waals surface area contributed by atoms with Crippen LogP contribution >= 0.6 is 0 Å². The van der Waals surface area contributed by atoms with E-state index < -0.39 is 5.91 Å². The lowest BCUT2D eigenvalue weighted by Crippen LogP contribution is -2.37. The van der Waals surface area contributed by atoms with Gasteiger partial charge in [-0.3, -0.25) is 9.59 Å². The summed E-state index contributed by atoms with van der Waals surface area (Å²) in [4.78, 5) is 25.4. The molecule has 0 aliphatic rings. The Bertz CT molecular complexity index is 611. The Labute approximate surface area is 135 Å². The first kappa shape index (κ1) is 16.6. The van der Waals surface area contributed by atoms with E-state index in [1.165, 1.54) is 6.26 Å². The van der Waals surface area contributed by atoms with E-state index >= 15 is 0 Å². The number of nitrogens with zero attached hydrogens (tertiary/aromatic N) is 1. The number of carbonyl (C=O) groups is 2. The van der Waals surface area contributed by atoms with Gasteiger partial charge in [0.1, 0.15) is 0 Å². The van der Waals surface area contributed by atoms with Gasteiger partial charge in [0.25, 0.3) is 5.91 Å². The highest BCUT2D eigenvalue weighted by Crippen LogP contribution is 2.10. The molecule has 0 aliphatic carbocycles. The number of carbonyl (C=O) groups excluding carboxylic acids is 2. The van der Waals surface area contributed by atoms with E-state index in [0.717, 1.165) is 18.7 Å². The van der Waals surface area contributed by atoms with E-state index in [1.54, 1.807) is 12.1 Å². The minimum absolute atomic E-state index is 0.0615. The summed E-state index contributed by atoms with van der Waals surface area (Å²) >= 11 is 0. The summed E-state index contributed by atoms with van der Waals surface area (Å²) in [5.41, 5.74) is 1.14. The number of amides is 2. The Kier molecular flexibility index (Phi) is 6.23. The molecule has 0 saturated carbocycles.